The summed E-state index contributed by atoms with van der Waals surface area (Å²) in [6.07, 6.45) is 7.32. The molecule has 0 fully saturated rings. The van der Waals surface area contributed by atoms with Gasteiger partial charge in [0.05, 0.1) is 6.61 Å². The number of aliphatic hydroxyl groups is 1. The van der Waals surface area contributed by atoms with Crippen LogP contribution < -0.4 is 0 Å². The quantitative estimate of drug-likeness (QED) is 0.807. The maximum Gasteiger partial charge on any atom is 0.0612 e. The minimum absolute atomic E-state index is 0.127. The van der Waals surface area contributed by atoms with Crippen LogP contribution in [0.2, 0.25) is 0 Å². The fraction of sp³-hybridized carbons (Fsp3) is 0.579. The lowest BCUT2D eigenvalue weighted by Gasteiger charge is -2.42. The molecule has 1 aliphatic rings. The van der Waals surface area contributed by atoms with Gasteiger partial charge in [-0.05, 0) is 59.3 Å². The average molecular weight is 272 g/mol. The van der Waals surface area contributed by atoms with E-state index in [1.54, 1.807) is 0 Å². The molecule has 0 saturated heterocycles. The molecule has 0 aromatic heterocycles. The maximum atomic E-state index is 8.87. The van der Waals surface area contributed by atoms with Crippen LogP contribution in [0.1, 0.15) is 62.8 Å². The van der Waals surface area contributed by atoms with Crippen LogP contribution in [-0.4, -0.2) is 11.7 Å². The highest BCUT2D eigenvalue weighted by atomic mass is 16.2. The van der Waals surface area contributed by atoms with E-state index in [-0.39, 0.29) is 17.4 Å². The summed E-state index contributed by atoms with van der Waals surface area (Å²) in [6, 6.07) is 4.81. The Hall–Kier alpha value is -1.08. The lowest BCUT2D eigenvalue weighted by molar-refractivity contribution is 0.331. The summed E-state index contributed by atoms with van der Waals surface area (Å²) in [4.78, 5) is 0. The lowest BCUT2D eigenvalue weighted by Crippen LogP contribution is -2.34. The topological polar surface area (TPSA) is 20.2 Å². The number of aryl methyl sites for hydroxylation is 1. The van der Waals surface area contributed by atoms with E-state index in [1.807, 2.05) is 6.08 Å². The predicted molar refractivity (Wildman–Crippen MR) is 86.4 cm³/mol. The monoisotopic (exact) mass is 272 g/mol. The lowest BCUT2D eigenvalue weighted by atomic mass is 9.62. The molecule has 0 spiro atoms. The molecular formula is C19H28O. The molecule has 0 atom stereocenters. The zero-order valence-corrected chi connectivity index (χ0v) is 13.6. The second-order valence-corrected chi connectivity index (χ2v) is 7.45. The highest BCUT2D eigenvalue weighted by Gasteiger charge is 2.37. The standard InChI is InChI=1S/C19H28O/c1-14-12-16-17(13-15(14)8-6-7-11-20)19(4,5)10-9-18(16,2)3/h6-7,12-13,20H,8-11H2,1-5H3/b7-6-. The van der Waals surface area contributed by atoms with E-state index in [1.165, 1.54) is 35.1 Å². The van der Waals surface area contributed by atoms with Gasteiger partial charge in [0.15, 0.2) is 0 Å². The molecule has 110 valence electrons. The van der Waals surface area contributed by atoms with E-state index < -0.39 is 0 Å². The van der Waals surface area contributed by atoms with Gasteiger partial charge < -0.3 is 5.11 Å². The molecule has 0 unspecified atom stereocenters. The highest BCUT2D eigenvalue weighted by molar-refractivity contribution is 5.47. The Morgan fingerprint density at radius 1 is 1.00 bits per heavy atom. The highest BCUT2D eigenvalue weighted by Crippen LogP contribution is 2.46. The van der Waals surface area contributed by atoms with Crippen molar-refractivity contribution >= 4 is 0 Å². The summed E-state index contributed by atoms with van der Waals surface area (Å²) in [6.45, 7) is 11.8. The van der Waals surface area contributed by atoms with Gasteiger partial charge >= 0.3 is 0 Å². The Kier molecular flexibility index (Phi) is 4.11. The van der Waals surface area contributed by atoms with Crippen LogP contribution in [0, 0.1) is 6.92 Å². The maximum absolute atomic E-state index is 8.87. The first-order valence-corrected chi connectivity index (χ1v) is 7.68. The van der Waals surface area contributed by atoms with Crippen LogP contribution >= 0.6 is 0 Å². The van der Waals surface area contributed by atoms with Crippen LogP contribution in [0.25, 0.3) is 0 Å². The van der Waals surface area contributed by atoms with Crippen LogP contribution in [-0.2, 0) is 17.3 Å². The van der Waals surface area contributed by atoms with E-state index in [0.717, 1.165) is 6.42 Å². The number of rotatable bonds is 3. The van der Waals surface area contributed by atoms with Crippen molar-refractivity contribution in [2.45, 2.75) is 64.7 Å². The summed E-state index contributed by atoms with van der Waals surface area (Å²) < 4.78 is 0. The van der Waals surface area contributed by atoms with Crippen LogP contribution in [0.15, 0.2) is 24.3 Å². The van der Waals surface area contributed by atoms with Crippen molar-refractivity contribution in [3.63, 3.8) is 0 Å². The van der Waals surface area contributed by atoms with Gasteiger partial charge in [0.25, 0.3) is 0 Å². The van der Waals surface area contributed by atoms with Gasteiger partial charge in [-0.3, -0.25) is 0 Å². The van der Waals surface area contributed by atoms with E-state index in [0.29, 0.717) is 0 Å². The molecule has 2 rings (SSSR count). The number of fused-ring (bicyclic) bond motifs is 1. The van der Waals surface area contributed by atoms with Gasteiger partial charge in [-0.25, -0.2) is 0 Å². The molecule has 0 heterocycles. The van der Waals surface area contributed by atoms with Crippen molar-refractivity contribution in [2.24, 2.45) is 0 Å². The summed E-state index contributed by atoms with van der Waals surface area (Å²) in [5.41, 5.74) is 6.37. The normalized spacial score (nSPS) is 20.1. The molecule has 1 N–H and O–H groups in total. The molecule has 1 aromatic carbocycles. The van der Waals surface area contributed by atoms with Crippen molar-refractivity contribution in [3.8, 4) is 0 Å². The Balaban J connectivity index is 2.49. The Bertz CT molecular complexity index is 521. The van der Waals surface area contributed by atoms with E-state index >= 15 is 0 Å². The number of hydrogen-bond acceptors (Lipinski definition) is 1. The Morgan fingerprint density at radius 3 is 2.10 bits per heavy atom. The third-order valence-electron chi connectivity index (χ3n) is 4.92. The van der Waals surface area contributed by atoms with Crippen molar-refractivity contribution in [1.82, 2.24) is 0 Å². The van der Waals surface area contributed by atoms with Crippen LogP contribution in [0.3, 0.4) is 0 Å². The molecule has 0 radical (unpaired) electrons. The third-order valence-corrected chi connectivity index (χ3v) is 4.92. The molecule has 0 amide bonds. The van der Waals surface area contributed by atoms with Gasteiger partial charge in [-0.1, -0.05) is 52.0 Å². The molecule has 1 aliphatic carbocycles. The molecule has 0 saturated carbocycles. The number of aliphatic hydroxyl groups excluding tert-OH is 1. The van der Waals surface area contributed by atoms with Crippen LogP contribution in [0.5, 0.6) is 0 Å². The molecule has 0 aliphatic heterocycles. The molecule has 1 aromatic rings. The first kappa shape index (κ1) is 15.3. The summed E-state index contributed by atoms with van der Waals surface area (Å²) in [7, 11) is 0. The summed E-state index contributed by atoms with van der Waals surface area (Å²) in [5.74, 6) is 0. The number of allylic oxidation sites excluding steroid dienone is 1. The minimum Gasteiger partial charge on any atom is -0.392 e. The Morgan fingerprint density at radius 2 is 1.55 bits per heavy atom. The van der Waals surface area contributed by atoms with Gasteiger partial charge in [0, 0.05) is 0 Å². The second kappa shape index (κ2) is 5.37. The molecule has 1 heteroatoms. The summed E-state index contributed by atoms with van der Waals surface area (Å²) in [5, 5.41) is 8.87. The van der Waals surface area contributed by atoms with Crippen LogP contribution in [0.4, 0.5) is 0 Å². The molecule has 1 nitrogen and oxygen atoms in total. The molecule has 0 bridgehead atoms. The van der Waals surface area contributed by atoms with Gasteiger partial charge in [0.2, 0.25) is 0 Å². The Labute approximate surface area is 123 Å². The largest absolute Gasteiger partial charge is 0.392 e. The first-order valence-electron chi connectivity index (χ1n) is 7.68. The number of hydrogen-bond donors (Lipinski definition) is 1. The summed E-state index contributed by atoms with van der Waals surface area (Å²) >= 11 is 0. The zero-order chi connectivity index (χ0) is 15.0. The van der Waals surface area contributed by atoms with E-state index in [4.69, 9.17) is 5.11 Å². The third kappa shape index (κ3) is 2.83. The van der Waals surface area contributed by atoms with Gasteiger partial charge in [-0.15, -0.1) is 0 Å². The van der Waals surface area contributed by atoms with Gasteiger partial charge in [0.1, 0.15) is 0 Å². The molecule has 20 heavy (non-hydrogen) atoms. The van der Waals surface area contributed by atoms with Crippen molar-refractivity contribution in [2.75, 3.05) is 6.61 Å². The molecular weight excluding hydrogens is 244 g/mol. The minimum atomic E-state index is 0.127. The second-order valence-electron chi connectivity index (χ2n) is 7.45. The van der Waals surface area contributed by atoms with E-state index in [9.17, 15) is 0 Å². The number of benzene rings is 1. The SMILES string of the molecule is Cc1cc2c(cc1C/C=C\CO)C(C)(C)CCC2(C)C. The predicted octanol–water partition coefficient (Wildman–Crippen LogP) is 4.44. The fourth-order valence-electron chi connectivity index (χ4n) is 3.27. The smallest absolute Gasteiger partial charge is 0.0612 e. The van der Waals surface area contributed by atoms with Crippen molar-refractivity contribution < 1.29 is 5.11 Å². The fourth-order valence-corrected chi connectivity index (χ4v) is 3.27. The average Bonchev–Trinajstić information content (AvgIpc) is 2.37. The van der Waals surface area contributed by atoms with Crippen molar-refractivity contribution in [1.29, 1.82) is 0 Å². The van der Waals surface area contributed by atoms with E-state index in [2.05, 4.69) is 52.8 Å². The van der Waals surface area contributed by atoms with Crippen molar-refractivity contribution in [3.05, 3.63) is 46.5 Å². The zero-order valence-electron chi connectivity index (χ0n) is 13.6. The first-order chi connectivity index (χ1) is 9.28. The van der Waals surface area contributed by atoms with Gasteiger partial charge in [-0.2, -0.15) is 0 Å².